The maximum Gasteiger partial charge on any atom is 0.250 e. The summed E-state index contributed by atoms with van der Waals surface area (Å²) in [4.78, 5) is 18.5. The van der Waals surface area contributed by atoms with Crippen molar-refractivity contribution in [2.45, 2.75) is 31.6 Å². The number of amides is 1. The second-order valence-corrected chi connectivity index (χ2v) is 6.01. The molecule has 5 nitrogen and oxygen atoms in total. The maximum absolute atomic E-state index is 12.8. The number of methoxy groups -OCH3 is 1. The number of para-hydroxylation sites is 1. The van der Waals surface area contributed by atoms with E-state index in [1.54, 1.807) is 7.11 Å². The number of hydrogen-bond acceptors (Lipinski definition) is 4. The standard InChI is InChI=1S/C19H22N2O3/c1-14(23-2)19(21-24-13-15-8-4-3-5-9-15)12-16-10-6-7-11-17(16)20-18(19)22/h3-11,14,21H,12-13H2,1-2H3,(H,20,22)/t14-,19+/m0/s1. The lowest BCUT2D eigenvalue weighted by molar-refractivity contribution is -0.143. The Balaban J connectivity index is 1.79. The third kappa shape index (κ3) is 3.19. The minimum absolute atomic E-state index is 0.149. The first-order valence-corrected chi connectivity index (χ1v) is 8.01. The summed E-state index contributed by atoms with van der Waals surface area (Å²) in [6.45, 7) is 2.24. The van der Waals surface area contributed by atoms with Crippen LogP contribution in [0, 0.1) is 0 Å². The van der Waals surface area contributed by atoms with Crippen LogP contribution >= 0.6 is 0 Å². The van der Waals surface area contributed by atoms with Crippen molar-refractivity contribution in [1.29, 1.82) is 0 Å². The topological polar surface area (TPSA) is 59.6 Å². The minimum atomic E-state index is -0.974. The van der Waals surface area contributed by atoms with Gasteiger partial charge in [0.25, 0.3) is 0 Å². The molecule has 0 saturated heterocycles. The average molecular weight is 326 g/mol. The Kier molecular flexibility index (Phi) is 4.94. The molecule has 0 saturated carbocycles. The molecular formula is C19H22N2O3. The molecule has 0 fully saturated rings. The van der Waals surface area contributed by atoms with E-state index >= 15 is 0 Å². The molecule has 1 heterocycles. The molecule has 0 radical (unpaired) electrons. The van der Waals surface area contributed by atoms with Gasteiger partial charge >= 0.3 is 0 Å². The number of carbonyl (C=O) groups is 1. The molecule has 1 amide bonds. The van der Waals surface area contributed by atoms with Crippen LogP contribution in [0.25, 0.3) is 0 Å². The van der Waals surface area contributed by atoms with E-state index in [-0.39, 0.29) is 12.0 Å². The van der Waals surface area contributed by atoms with Crippen molar-refractivity contribution in [2.24, 2.45) is 0 Å². The number of ether oxygens (including phenoxy) is 1. The second kappa shape index (κ2) is 7.13. The van der Waals surface area contributed by atoms with Gasteiger partial charge in [-0.1, -0.05) is 48.5 Å². The van der Waals surface area contributed by atoms with Crippen LogP contribution in [0.4, 0.5) is 5.69 Å². The van der Waals surface area contributed by atoms with E-state index in [0.717, 1.165) is 16.8 Å². The molecule has 24 heavy (non-hydrogen) atoms. The fraction of sp³-hybridized carbons (Fsp3) is 0.316. The van der Waals surface area contributed by atoms with Gasteiger partial charge in [-0.15, -0.1) is 0 Å². The van der Waals surface area contributed by atoms with Crippen LogP contribution in [0.2, 0.25) is 0 Å². The van der Waals surface area contributed by atoms with Crippen LogP contribution in [0.15, 0.2) is 54.6 Å². The van der Waals surface area contributed by atoms with E-state index in [1.165, 1.54) is 0 Å². The zero-order valence-corrected chi connectivity index (χ0v) is 13.9. The fourth-order valence-corrected chi connectivity index (χ4v) is 2.93. The molecule has 1 aliphatic rings. The van der Waals surface area contributed by atoms with Crippen LogP contribution < -0.4 is 10.8 Å². The van der Waals surface area contributed by atoms with Crippen molar-refractivity contribution >= 4 is 11.6 Å². The largest absolute Gasteiger partial charge is 0.379 e. The molecule has 0 spiro atoms. The van der Waals surface area contributed by atoms with Gasteiger partial charge in [0.15, 0.2) is 5.54 Å². The lowest BCUT2D eigenvalue weighted by atomic mass is 9.82. The summed E-state index contributed by atoms with van der Waals surface area (Å²) in [7, 11) is 1.60. The summed E-state index contributed by atoms with van der Waals surface area (Å²) in [5, 5.41) is 2.95. The summed E-state index contributed by atoms with van der Waals surface area (Å²) in [5.74, 6) is -0.149. The van der Waals surface area contributed by atoms with E-state index in [2.05, 4.69) is 10.8 Å². The van der Waals surface area contributed by atoms with Gasteiger partial charge in [-0.2, -0.15) is 5.48 Å². The molecule has 2 aromatic rings. The van der Waals surface area contributed by atoms with Gasteiger partial charge in [-0.3, -0.25) is 9.63 Å². The number of anilines is 1. The van der Waals surface area contributed by atoms with Crippen molar-refractivity contribution in [2.75, 3.05) is 12.4 Å². The molecule has 5 heteroatoms. The summed E-state index contributed by atoms with van der Waals surface area (Å²) >= 11 is 0. The number of carbonyl (C=O) groups excluding carboxylic acids is 1. The lowest BCUT2D eigenvalue weighted by Gasteiger charge is -2.40. The second-order valence-electron chi connectivity index (χ2n) is 6.01. The molecule has 0 bridgehead atoms. The van der Waals surface area contributed by atoms with E-state index in [9.17, 15) is 4.79 Å². The van der Waals surface area contributed by atoms with Crippen molar-refractivity contribution < 1.29 is 14.4 Å². The van der Waals surface area contributed by atoms with Crippen molar-refractivity contribution in [1.82, 2.24) is 5.48 Å². The number of benzene rings is 2. The number of fused-ring (bicyclic) bond motifs is 1. The average Bonchev–Trinajstić information content (AvgIpc) is 2.62. The van der Waals surface area contributed by atoms with Gasteiger partial charge < -0.3 is 10.1 Å². The first-order valence-electron chi connectivity index (χ1n) is 8.01. The maximum atomic E-state index is 12.8. The van der Waals surface area contributed by atoms with E-state index in [4.69, 9.17) is 9.57 Å². The zero-order valence-electron chi connectivity index (χ0n) is 13.9. The Morgan fingerprint density at radius 3 is 2.62 bits per heavy atom. The summed E-state index contributed by atoms with van der Waals surface area (Å²) in [5.41, 5.74) is 4.93. The molecular weight excluding hydrogens is 304 g/mol. The molecule has 2 atom stereocenters. The Hall–Kier alpha value is -2.21. The highest BCUT2D eigenvalue weighted by Crippen LogP contribution is 2.31. The predicted octanol–water partition coefficient (Wildman–Crippen LogP) is 2.68. The highest BCUT2D eigenvalue weighted by Gasteiger charge is 2.47. The molecule has 0 aliphatic carbocycles. The fourth-order valence-electron chi connectivity index (χ4n) is 2.93. The Morgan fingerprint density at radius 2 is 1.88 bits per heavy atom. The Morgan fingerprint density at radius 1 is 1.17 bits per heavy atom. The Labute approximate surface area is 141 Å². The van der Waals surface area contributed by atoms with Crippen LogP contribution in [0.3, 0.4) is 0 Å². The van der Waals surface area contributed by atoms with Gasteiger partial charge in [0, 0.05) is 19.2 Å². The third-order valence-electron chi connectivity index (χ3n) is 4.52. The first-order chi connectivity index (χ1) is 11.7. The number of hydrogen-bond donors (Lipinski definition) is 2. The molecule has 126 valence electrons. The number of rotatable bonds is 6. The summed E-state index contributed by atoms with van der Waals surface area (Å²) in [6.07, 6.45) is 0.139. The monoisotopic (exact) mass is 326 g/mol. The SMILES string of the molecule is CO[C@@H](C)[C@]1(NOCc2ccccc2)Cc2ccccc2NC1=O. The molecule has 2 aromatic carbocycles. The molecule has 3 rings (SSSR count). The smallest absolute Gasteiger partial charge is 0.250 e. The third-order valence-corrected chi connectivity index (χ3v) is 4.52. The minimum Gasteiger partial charge on any atom is -0.379 e. The molecule has 2 N–H and O–H groups in total. The van der Waals surface area contributed by atoms with Crippen LogP contribution in [-0.2, 0) is 27.4 Å². The van der Waals surface area contributed by atoms with Gasteiger partial charge in [0.1, 0.15) is 0 Å². The van der Waals surface area contributed by atoms with Gasteiger partial charge in [-0.25, -0.2) is 0 Å². The first kappa shape index (κ1) is 16.6. The van der Waals surface area contributed by atoms with Crippen LogP contribution in [0.5, 0.6) is 0 Å². The Bertz CT molecular complexity index is 705. The molecule has 0 unspecified atom stereocenters. The van der Waals surface area contributed by atoms with Crippen molar-refractivity contribution in [3.8, 4) is 0 Å². The van der Waals surface area contributed by atoms with Crippen molar-refractivity contribution in [3.63, 3.8) is 0 Å². The summed E-state index contributed by atoms with van der Waals surface area (Å²) < 4.78 is 5.48. The lowest BCUT2D eigenvalue weighted by Crippen LogP contribution is -2.64. The highest BCUT2D eigenvalue weighted by atomic mass is 16.7. The molecule has 1 aliphatic heterocycles. The van der Waals surface area contributed by atoms with Gasteiger partial charge in [0.2, 0.25) is 5.91 Å². The van der Waals surface area contributed by atoms with E-state index in [1.807, 2.05) is 61.5 Å². The zero-order chi connectivity index (χ0) is 17.0. The van der Waals surface area contributed by atoms with Crippen molar-refractivity contribution in [3.05, 3.63) is 65.7 Å². The number of nitrogens with one attached hydrogen (secondary N) is 2. The highest BCUT2D eigenvalue weighted by molar-refractivity contribution is 6.01. The predicted molar refractivity (Wildman–Crippen MR) is 92.3 cm³/mol. The van der Waals surface area contributed by atoms with E-state index in [0.29, 0.717) is 13.0 Å². The molecule has 0 aromatic heterocycles. The van der Waals surface area contributed by atoms with Gasteiger partial charge in [-0.05, 0) is 24.1 Å². The normalized spacial score (nSPS) is 21.0. The number of hydroxylamine groups is 1. The van der Waals surface area contributed by atoms with Gasteiger partial charge in [0.05, 0.1) is 12.7 Å². The van der Waals surface area contributed by atoms with E-state index < -0.39 is 5.54 Å². The van der Waals surface area contributed by atoms with Crippen LogP contribution in [0.1, 0.15) is 18.1 Å². The summed E-state index contributed by atoms with van der Waals surface area (Å²) in [6, 6.07) is 17.6. The quantitative estimate of drug-likeness (QED) is 0.801. The van der Waals surface area contributed by atoms with Crippen LogP contribution in [-0.4, -0.2) is 24.7 Å².